The van der Waals surface area contributed by atoms with Gasteiger partial charge in [-0.3, -0.25) is 14.3 Å². The number of benzene rings is 1. The normalized spacial score (nSPS) is 18.1. The molecule has 1 spiro atoms. The Morgan fingerprint density at radius 1 is 0.886 bits per heavy atom. The summed E-state index contributed by atoms with van der Waals surface area (Å²) in [6.07, 6.45) is 11.2. The van der Waals surface area contributed by atoms with Gasteiger partial charge in [0.15, 0.2) is 0 Å². The number of nitrogens with zero attached hydrogens (tertiary/aromatic N) is 4. The molecule has 0 radical (unpaired) electrons. The number of likely N-dealkylation sites (tertiary alicyclic amines) is 1. The second-order valence-corrected chi connectivity index (χ2v) is 11.0. The van der Waals surface area contributed by atoms with Crippen molar-refractivity contribution < 1.29 is 14.3 Å². The van der Waals surface area contributed by atoms with Crippen LogP contribution in [0.2, 0.25) is 0 Å². The van der Waals surface area contributed by atoms with Gasteiger partial charge in [-0.2, -0.15) is 0 Å². The van der Waals surface area contributed by atoms with Crippen LogP contribution in [-0.2, 0) is 4.74 Å². The van der Waals surface area contributed by atoms with E-state index in [2.05, 4.69) is 22.0 Å². The average Bonchev–Trinajstić information content (AvgIpc) is 3.28. The van der Waals surface area contributed by atoms with Gasteiger partial charge in [0, 0.05) is 73.0 Å². The van der Waals surface area contributed by atoms with Crippen molar-refractivity contribution in [3.8, 4) is 0 Å². The number of rotatable bonds is 2. The molecule has 2 saturated heterocycles. The van der Waals surface area contributed by atoms with Crippen LogP contribution in [0, 0.1) is 5.41 Å². The van der Waals surface area contributed by atoms with E-state index >= 15 is 0 Å². The molecule has 35 heavy (non-hydrogen) atoms. The molecule has 0 unspecified atom stereocenters. The van der Waals surface area contributed by atoms with Gasteiger partial charge in [-0.15, -0.1) is 0 Å². The number of pyridine rings is 1. The van der Waals surface area contributed by atoms with Crippen molar-refractivity contribution in [1.82, 2.24) is 14.5 Å². The summed E-state index contributed by atoms with van der Waals surface area (Å²) < 4.78 is 6.91. The van der Waals surface area contributed by atoms with Crippen molar-refractivity contribution in [2.24, 2.45) is 5.41 Å². The first kappa shape index (κ1) is 23.4. The van der Waals surface area contributed by atoms with Crippen LogP contribution in [-0.4, -0.2) is 58.2 Å². The molecular weight excluding hydrogens is 440 g/mol. The Hall–Kier alpha value is -3.35. The molecule has 7 heteroatoms. The maximum Gasteiger partial charge on any atom is 0.418 e. The molecule has 4 heterocycles. The van der Waals surface area contributed by atoms with E-state index in [0.717, 1.165) is 49.8 Å². The van der Waals surface area contributed by atoms with E-state index in [-0.39, 0.29) is 5.91 Å². The lowest BCUT2D eigenvalue weighted by Crippen LogP contribution is -2.48. The zero-order valence-corrected chi connectivity index (χ0v) is 20.9. The predicted molar refractivity (Wildman–Crippen MR) is 137 cm³/mol. The molecule has 7 nitrogen and oxygen atoms in total. The van der Waals surface area contributed by atoms with Crippen molar-refractivity contribution in [3.05, 3.63) is 60.7 Å². The first-order valence-electron chi connectivity index (χ1n) is 12.5. The van der Waals surface area contributed by atoms with Crippen molar-refractivity contribution in [2.75, 3.05) is 31.1 Å². The van der Waals surface area contributed by atoms with Gasteiger partial charge in [0.1, 0.15) is 5.60 Å². The summed E-state index contributed by atoms with van der Waals surface area (Å²) in [7, 11) is 0. The number of hydrogen-bond acceptors (Lipinski definition) is 5. The van der Waals surface area contributed by atoms with Gasteiger partial charge in [0.2, 0.25) is 0 Å². The molecule has 2 aliphatic rings. The Bertz CT molecular complexity index is 1210. The van der Waals surface area contributed by atoms with E-state index in [4.69, 9.17) is 4.74 Å². The zero-order chi connectivity index (χ0) is 24.6. The van der Waals surface area contributed by atoms with Crippen LogP contribution >= 0.6 is 0 Å². The smallest absolute Gasteiger partial charge is 0.418 e. The summed E-state index contributed by atoms with van der Waals surface area (Å²) in [5.74, 6) is 0.0704. The molecule has 2 aliphatic heterocycles. The van der Waals surface area contributed by atoms with Crippen molar-refractivity contribution in [2.45, 2.75) is 52.1 Å². The molecule has 2 aromatic heterocycles. The summed E-state index contributed by atoms with van der Waals surface area (Å²) in [4.78, 5) is 34.3. The van der Waals surface area contributed by atoms with E-state index < -0.39 is 11.7 Å². The number of anilines is 1. The number of hydrogen-bond donors (Lipinski definition) is 0. The van der Waals surface area contributed by atoms with Crippen LogP contribution < -0.4 is 4.90 Å². The highest BCUT2D eigenvalue weighted by molar-refractivity contribution is 5.99. The fourth-order valence-corrected chi connectivity index (χ4v) is 5.36. The van der Waals surface area contributed by atoms with E-state index in [9.17, 15) is 9.59 Å². The van der Waals surface area contributed by atoms with Gasteiger partial charge >= 0.3 is 6.09 Å². The summed E-state index contributed by atoms with van der Waals surface area (Å²) in [5.41, 5.74) is 1.70. The Balaban J connectivity index is 1.21. The molecule has 3 aromatic rings. The molecule has 0 atom stereocenters. The van der Waals surface area contributed by atoms with Gasteiger partial charge in [-0.25, -0.2) is 4.79 Å². The van der Waals surface area contributed by atoms with Crippen molar-refractivity contribution >= 4 is 28.5 Å². The summed E-state index contributed by atoms with van der Waals surface area (Å²) in [6, 6.07) is 9.82. The molecule has 1 amide bonds. The molecule has 1 aromatic carbocycles. The minimum atomic E-state index is -0.560. The maximum atomic E-state index is 13.3. The van der Waals surface area contributed by atoms with E-state index in [0.29, 0.717) is 11.0 Å². The third-order valence-electron chi connectivity index (χ3n) is 7.46. The van der Waals surface area contributed by atoms with Crippen LogP contribution in [0.3, 0.4) is 0 Å². The second-order valence-electron chi connectivity index (χ2n) is 11.0. The fourth-order valence-electron chi connectivity index (χ4n) is 5.36. The minimum Gasteiger partial charge on any atom is -0.443 e. The average molecular weight is 475 g/mol. The number of carbonyl (C=O) groups is 2. The van der Waals surface area contributed by atoms with E-state index in [1.54, 1.807) is 12.4 Å². The lowest BCUT2D eigenvalue weighted by molar-refractivity contribution is 0.0512. The first-order chi connectivity index (χ1) is 16.7. The quantitative estimate of drug-likeness (QED) is 0.501. The molecule has 2 fully saturated rings. The molecule has 5 rings (SSSR count). The molecule has 184 valence electrons. The standard InChI is InChI=1S/C28H34N4O3/c1-27(2,3)35-26(34)32-19-22-5-4-21(18-23(22)20-32)25(33)31-16-10-28(11-17-31)8-14-30(15-9-28)24-6-12-29-13-7-24/h4-7,12-13,18-20H,8-11,14-17H2,1-3H3. The lowest BCUT2D eigenvalue weighted by atomic mass is 9.71. The Morgan fingerprint density at radius 3 is 2.17 bits per heavy atom. The zero-order valence-electron chi connectivity index (χ0n) is 20.9. The number of piperidine rings is 2. The monoisotopic (exact) mass is 474 g/mol. The molecule has 0 saturated carbocycles. The van der Waals surface area contributed by atoms with Crippen LogP contribution in [0.25, 0.3) is 10.8 Å². The number of amides is 1. The van der Waals surface area contributed by atoms with Gasteiger partial charge in [-0.05, 0) is 76.1 Å². The lowest BCUT2D eigenvalue weighted by Gasteiger charge is -2.47. The highest BCUT2D eigenvalue weighted by atomic mass is 16.6. The maximum absolute atomic E-state index is 13.3. The van der Waals surface area contributed by atoms with E-state index in [1.807, 2.05) is 56.3 Å². The van der Waals surface area contributed by atoms with Gasteiger partial charge in [0.05, 0.1) is 0 Å². The topological polar surface area (TPSA) is 67.7 Å². The Kier molecular flexibility index (Phi) is 6.03. The van der Waals surface area contributed by atoms with Crippen molar-refractivity contribution in [3.63, 3.8) is 0 Å². The second kappa shape index (κ2) is 9.02. The minimum absolute atomic E-state index is 0.0704. The number of ether oxygens (including phenoxy) is 1. The molecule has 0 bridgehead atoms. The summed E-state index contributed by atoms with van der Waals surface area (Å²) in [5, 5.41) is 1.77. The Labute approximate surface area is 206 Å². The van der Waals surface area contributed by atoms with Crippen LogP contribution in [0.5, 0.6) is 0 Å². The van der Waals surface area contributed by atoms with Gasteiger partial charge < -0.3 is 14.5 Å². The highest BCUT2D eigenvalue weighted by Crippen LogP contribution is 2.42. The Morgan fingerprint density at radius 2 is 1.51 bits per heavy atom. The predicted octanol–water partition coefficient (Wildman–Crippen LogP) is 5.34. The number of fused-ring (bicyclic) bond motifs is 1. The third-order valence-corrected chi connectivity index (χ3v) is 7.46. The SMILES string of the molecule is CC(C)(C)OC(=O)n1cc2ccc(C(=O)N3CCC4(CC3)CCN(c3ccncc3)CC4)cc2c1. The van der Waals surface area contributed by atoms with Crippen LogP contribution in [0.15, 0.2) is 55.1 Å². The number of aromatic nitrogens is 2. The molecular formula is C28H34N4O3. The van der Waals surface area contributed by atoms with Crippen LogP contribution in [0.4, 0.5) is 10.5 Å². The summed E-state index contributed by atoms with van der Waals surface area (Å²) >= 11 is 0. The van der Waals surface area contributed by atoms with E-state index in [1.165, 1.54) is 23.1 Å². The van der Waals surface area contributed by atoms with Gasteiger partial charge in [0.25, 0.3) is 5.91 Å². The molecule has 0 aliphatic carbocycles. The van der Waals surface area contributed by atoms with Crippen molar-refractivity contribution in [1.29, 1.82) is 0 Å². The van der Waals surface area contributed by atoms with Crippen LogP contribution in [0.1, 0.15) is 56.8 Å². The summed E-state index contributed by atoms with van der Waals surface area (Å²) in [6.45, 7) is 9.25. The third kappa shape index (κ3) is 5.04. The molecule has 0 N–H and O–H groups in total. The fraction of sp³-hybridized carbons (Fsp3) is 0.464. The first-order valence-corrected chi connectivity index (χ1v) is 12.5. The van der Waals surface area contributed by atoms with Gasteiger partial charge in [-0.1, -0.05) is 6.07 Å². The number of carbonyl (C=O) groups excluding carboxylic acids is 2. The largest absolute Gasteiger partial charge is 0.443 e. The highest BCUT2D eigenvalue weighted by Gasteiger charge is 2.38.